The molecule has 0 spiro atoms. The summed E-state index contributed by atoms with van der Waals surface area (Å²) in [6.07, 6.45) is 12.2. The lowest BCUT2D eigenvalue weighted by Crippen LogP contribution is -2.04. The molecular formula is C18H32O4. The van der Waals surface area contributed by atoms with E-state index in [1.165, 1.54) is 0 Å². The van der Waals surface area contributed by atoms with E-state index in [1.807, 2.05) is 6.08 Å². The van der Waals surface area contributed by atoms with Crippen molar-refractivity contribution in [3.8, 4) is 0 Å². The van der Waals surface area contributed by atoms with Gasteiger partial charge in [0.2, 0.25) is 0 Å². The number of ether oxygens (including phenoxy) is 2. The lowest BCUT2D eigenvalue weighted by molar-refractivity contribution is 0.145. The van der Waals surface area contributed by atoms with Gasteiger partial charge in [-0.1, -0.05) is 25.8 Å². The summed E-state index contributed by atoms with van der Waals surface area (Å²) in [5, 5.41) is 17.5. The van der Waals surface area contributed by atoms with E-state index in [2.05, 4.69) is 13.0 Å². The van der Waals surface area contributed by atoms with Crippen LogP contribution in [0.2, 0.25) is 0 Å². The zero-order valence-electron chi connectivity index (χ0n) is 13.9. The van der Waals surface area contributed by atoms with Crippen LogP contribution in [0.15, 0.2) is 23.7 Å². The minimum absolute atomic E-state index is 0.280. The van der Waals surface area contributed by atoms with Crippen molar-refractivity contribution in [2.24, 2.45) is 5.92 Å². The third-order valence-corrected chi connectivity index (χ3v) is 3.81. The molecule has 0 amide bonds. The molecule has 1 atom stereocenters. The summed E-state index contributed by atoms with van der Waals surface area (Å²) >= 11 is 0. The van der Waals surface area contributed by atoms with E-state index >= 15 is 0 Å². The summed E-state index contributed by atoms with van der Waals surface area (Å²) in [4.78, 5) is 0. The van der Waals surface area contributed by atoms with Gasteiger partial charge < -0.3 is 19.7 Å². The smallest absolute Gasteiger partial charge is 0.157 e. The van der Waals surface area contributed by atoms with Gasteiger partial charge in [0.15, 0.2) is 5.76 Å². The zero-order valence-corrected chi connectivity index (χ0v) is 13.9. The Bertz CT molecular complexity index is 336. The predicted molar refractivity (Wildman–Crippen MR) is 88.3 cm³/mol. The molecule has 128 valence electrons. The van der Waals surface area contributed by atoms with Crippen molar-refractivity contribution in [1.82, 2.24) is 0 Å². The van der Waals surface area contributed by atoms with Crippen LogP contribution >= 0.6 is 0 Å². The molecule has 0 aromatic carbocycles. The molecule has 0 aromatic rings. The molecule has 0 aliphatic heterocycles. The monoisotopic (exact) mass is 312 g/mol. The summed E-state index contributed by atoms with van der Waals surface area (Å²) in [5.74, 6) is 2.13. The summed E-state index contributed by atoms with van der Waals surface area (Å²) < 4.78 is 11.7. The lowest BCUT2D eigenvalue weighted by atomic mass is 10.2. The standard InChI is InChI=1S/C18H32O4/c1-16-10-11-17(21-14-8-4-2-6-12-19)18(16)22-15-9-5-3-7-13-20/h10-11,16,19-20H,2-9,12-15H2,1H3. The number of hydrogen-bond acceptors (Lipinski definition) is 4. The van der Waals surface area contributed by atoms with Gasteiger partial charge in [-0.2, -0.15) is 0 Å². The summed E-state index contributed by atoms with van der Waals surface area (Å²) in [6.45, 7) is 4.11. The fourth-order valence-electron chi connectivity index (χ4n) is 2.45. The third kappa shape index (κ3) is 7.85. The number of hydrogen-bond donors (Lipinski definition) is 2. The van der Waals surface area contributed by atoms with Crippen LogP contribution < -0.4 is 0 Å². The molecule has 1 rings (SSSR count). The quantitative estimate of drug-likeness (QED) is 0.482. The fraction of sp³-hybridized carbons (Fsp3) is 0.778. The Labute approximate surface area is 134 Å². The minimum atomic E-state index is 0.280. The van der Waals surface area contributed by atoms with E-state index < -0.39 is 0 Å². The van der Waals surface area contributed by atoms with E-state index in [4.69, 9.17) is 19.7 Å². The second-order valence-corrected chi connectivity index (χ2v) is 5.85. The topological polar surface area (TPSA) is 58.9 Å². The zero-order chi connectivity index (χ0) is 16.0. The highest BCUT2D eigenvalue weighted by atomic mass is 16.5. The van der Waals surface area contributed by atoms with E-state index in [0.29, 0.717) is 12.5 Å². The largest absolute Gasteiger partial charge is 0.493 e. The van der Waals surface area contributed by atoms with Gasteiger partial charge in [-0.3, -0.25) is 0 Å². The lowest BCUT2D eigenvalue weighted by Gasteiger charge is -2.14. The van der Waals surface area contributed by atoms with Crippen molar-refractivity contribution >= 4 is 0 Å². The first-order valence-electron chi connectivity index (χ1n) is 8.69. The Morgan fingerprint density at radius 1 is 0.818 bits per heavy atom. The Balaban J connectivity index is 2.19. The molecule has 2 N–H and O–H groups in total. The second kappa shape index (κ2) is 12.5. The van der Waals surface area contributed by atoms with E-state index in [1.54, 1.807) is 0 Å². The molecule has 22 heavy (non-hydrogen) atoms. The molecule has 0 saturated heterocycles. The Kier molecular flexibility index (Phi) is 10.9. The fourth-order valence-corrected chi connectivity index (χ4v) is 2.45. The molecule has 0 radical (unpaired) electrons. The van der Waals surface area contributed by atoms with Gasteiger partial charge in [-0.15, -0.1) is 0 Å². The van der Waals surface area contributed by atoms with Crippen molar-refractivity contribution in [1.29, 1.82) is 0 Å². The average Bonchev–Trinajstić information content (AvgIpc) is 2.87. The summed E-state index contributed by atoms with van der Waals surface area (Å²) in [6, 6.07) is 0. The van der Waals surface area contributed by atoms with Crippen LogP contribution in [0.4, 0.5) is 0 Å². The first-order chi connectivity index (χ1) is 10.8. The van der Waals surface area contributed by atoms with Gasteiger partial charge in [-0.05, 0) is 44.6 Å². The summed E-state index contributed by atoms with van der Waals surface area (Å²) in [5.41, 5.74) is 0. The van der Waals surface area contributed by atoms with Gasteiger partial charge in [0.05, 0.1) is 13.2 Å². The maximum Gasteiger partial charge on any atom is 0.157 e. The molecule has 0 heterocycles. The van der Waals surface area contributed by atoms with Crippen LogP contribution in [0.1, 0.15) is 58.3 Å². The normalized spacial score (nSPS) is 17.3. The maximum atomic E-state index is 8.74. The van der Waals surface area contributed by atoms with Crippen molar-refractivity contribution in [2.45, 2.75) is 58.3 Å². The molecule has 1 aliphatic carbocycles. The van der Waals surface area contributed by atoms with E-state index in [0.717, 1.165) is 69.5 Å². The highest BCUT2D eigenvalue weighted by molar-refractivity contribution is 5.28. The molecular weight excluding hydrogens is 280 g/mol. The number of rotatable bonds is 14. The number of aliphatic hydroxyl groups is 2. The first-order valence-corrected chi connectivity index (χ1v) is 8.69. The Morgan fingerprint density at radius 2 is 1.36 bits per heavy atom. The molecule has 1 aliphatic rings. The van der Waals surface area contributed by atoms with E-state index in [-0.39, 0.29) is 13.2 Å². The molecule has 1 unspecified atom stereocenters. The highest BCUT2D eigenvalue weighted by Gasteiger charge is 2.19. The Morgan fingerprint density at radius 3 is 1.95 bits per heavy atom. The van der Waals surface area contributed by atoms with Crippen LogP contribution in [-0.4, -0.2) is 36.6 Å². The van der Waals surface area contributed by atoms with Gasteiger partial charge >= 0.3 is 0 Å². The van der Waals surface area contributed by atoms with Crippen molar-refractivity contribution < 1.29 is 19.7 Å². The van der Waals surface area contributed by atoms with Gasteiger partial charge in [0, 0.05) is 19.1 Å². The van der Waals surface area contributed by atoms with Crippen LogP contribution in [0.5, 0.6) is 0 Å². The number of aliphatic hydroxyl groups excluding tert-OH is 2. The van der Waals surface area contributed by atoms with E-state index in [9.17, 15) is 0 Å². The Hall–Kier alpha value is -1.00. The number of allylic oxidation sites excluding steroid dienone is 2. The maximum absolute atomic E-state index is 8.74. The minimum Gasteiger partial charge on any atom is -0.493 e. The van der Waals surface area contributed by atoms with Gasteiger partial charge in [0.1, 0.15) is 5.76 Å². The van der Waals surface area contributed by atoms with Crippen molar-refractivity contribution in [3.05, 3.63) is 23.7 Å². The van der Waals surface area contributed by atoms with Crippen molar-refractivity contribution in [2.75, 3.05) is 26.4 Å². The molecule has 4 heteroatoms. The molecule has 0 saturated carbocycles. The predicted octanol–water partition coefficient (Wildman–Crippen LogP) is 3.54. The van der Waals surface area contributed by atoms with Crippen LogP contribution in [0.3, 0.4) is 0 Å². The van der Waals surface area contributed by atoms with Crippen LogP contribution in [-0.2, 0) is 9.47 Å². The highest BCUT2D eigenvalue weighted by Crippen LogP contribution is 2.27. The molecule has 0 bridgehead atoms. The second-order valence-electron chi connectivity index (χ2n) is 5.85. The first kappa shape index (κ1) is 19.0. The SMILES string of the molecule is CC1C=CC(OCCCCCCO)=C1OCCCCCCO. The molecule has 0 aromatic heterocycles. The molecule has 0 fully saturated rings. The summed E-state index contributed by atoms with van der Waals surface area (Å²) in [7, 11) is 0. The number of unbranched alkanes of at least 4 members (excludes halogenated alkanes) is 6. The van der Waals surface area contributed by atoms with Crippen LogP contribution in [0, 0.1) is 5.92 Å². The molecule has 4 nitrogen and oxygen atoms in total. The average molecular weight is 312 g/mol. The van der Waals surface area contributed by atoms with Crippen LogP contribution in [0.25, 0.3) is 0 Å². The third-order valence-electron chi connectivity index (χ3n) is 3.81. The van der Waals surface area contributed by atoms with Gasteiger partial charge in [-0.25, -0.2) is 0 Å². The van der Waals surface area contributed by atoms with Gasteiger partial charge in [0.25, 0.3) is 0 Å². The van der Waals surface area contributed by atoms with Crippen molar-refractivity contribution in [3.63, 3.8) is 0 Å².